The summed E-state index contributed by atoms with van der Waals surface area (Å²) in [6.45, 7) is 6.64. The molecule has 0 radical (unpaired) electrons. The lowest BCUT2D eigenvalue weighted by atomic mass is 10.2. The summed E-state index contributed by atoms with van der Waals surface area (Å²) in [6, 6.07) is 0. The zero-order valence-electron chi connectivity index (χ0n) is 4.69. The molecule has 0 spiro atoms. The standard InChI is InChI=1S/C5H12.FH/c1-4-5(2)3;/h5H,4H2,1-3H3;1H. The van der Waals surface area contributed by atoms with Crippen molar-refractivity contribution in [2.45, 2.75) is 27.2 Å². The first-order chi connectivity index (χ1) is 2.27. The molecule has 0 bridgehead atoms. The van der Waals surface area contributed by atoms with Gasteiger partial charge >= 0.3 is 0 Å². The average Bonchev–Trinajstić information content (AvgIpc) is 1.38. The van der Waals surface area contributed by atoms with Crippen molar-refractivity contribution < 1.29 is 4.70 Å². The smallest absolute Gasteiger partial charge is 0.0474 e. The Bertz CT molecular complexity index is 17.9. The van der Waals surface area contributed by atoms with Crippen LogP contribution in [0.3, 0.4) is 0 Å². The first-order valence-corrected chi connectivity index (χ1v) is 2.27. The fourth-order valence-electron chi connectivity index (χ4n) is 0. The van der Waals surface area contributed by atoms with Crippen molar-refractivity contribution in [3.63, 3.8) is 0 Å². The minimum Gasteiger partial charge on any atom is -0.269 e. The van der Waals surface area contributed by atoms with Gasteiger partial charge < -0.3 is 0 Å². The zero-order chi connectivity index (χ0) is 4.28. The Hall–Kier alpha value is -0.0700. The van der Waals surface area contributed by atoms with E-state index in [-0.39, 0.29) is 4.70 Å². The lowest BCUT2D eigenvalue weighted by Crippen LogP contribution is -1.77. The third kappa shape index (κ3) is 9.06. The Morgan fingerprint density at radius 1 is 1.33 bits per heavy atom. The van der Waals surface area contributed by atoms with Crippen LogP contribution in [0.5, 0.6) is 0 Å². The van der Waals surface area contributed by atoms with Gasteiger partial charge in [0.15, 0.2) is 0 Å². The minimum atomic E-state index is 0. The molecule has 6 heavy (non-hydrogen) atoms. The van der Waals surface area contributed by atoms with Gasteiger partial charge in [-0.25, -0.2) is 0 Å². The summed E-state index contributed by atoms with van der Waals surface area (Å²) in [7, 11) is 0. The van der Waals surface area contributed by atoms with Gasteiger partial charge in [0.25, 0.3) is 0 Å². The zero-order valence-corrected chi connectivity index (χ0v) is 4.69. The lowest BCUT2D eigenvalue weighted by Gasteiger charge is -1.90. The number of halogens is 1. The van der Waals surface area contributed by atoms with Crippen LogP contribution in [0.15, 0.2) is 0 Å². The van der Waals surface area contributed by atoms with Crippen LogP contribution < -0.4 is 0 Å². The van der Waals surface area contributed by atoms with Crippen molar-refractivity contribution in [3.05, 3.63) is 0 Å². The molecule has 0 heterocycles. The average molecular weight is 92.2 g/mol. The van der Waals surface area contributed by atoms with Crippen LogP contribution in [0.1, 0.15) is 27.2 Å². The Labute approximate surface area is 38.9 Å². The molecule has 40 valence electrons. The molecule has 0 rings (SSSR count). The molecular weight excluding hydrogens is 79.1 g/mol. The molecule has 0 N–H and O–H groups in total. The monoisotopic (exact) mass is 92.1 g/mol. The van der Waals surface area contributed by atoms with E-state index in [0.29, 0.717) is 0 Å². The first-order valence-electron chi connectivity index (χ1n) is 2.27. The maximum atomic E-state index is 2.22. The van der Waals surface area contributed by atoms with Crippen molar-refractivity contribution in [2.75, 3.05) is 0 Å². The third-order valence-electron chi connectivity index (χ3n) is 0.816. The molecule has 0 saturated carbocycles. The number of hydrogen-bond acceptors (Lipinski definition) is 0. The Morgan fingerprint density at radius 2 is 1.50 bits per heavy atom. The fourth-order valence-corrected chi connectivity index (χ4v) is 0. The van der Waals surface area contributed by atoms with Gasteiger partial charge in [0.1, 0.15) is 0 Å². The Kier molecular flexibility index (Phi) is 7.67. The van der Waals surface area contributed by atoms with Gasteiger partial charge in [-0.1, -0.05) is 27.2 Å². The van der Waals surface area contributed by atoms with E-state index in [2.05, 4.69) is 20.8 Å². The number of hydrogen-bond donors (Lipinski definition) is 0. The van der Waals surface area contributed by atoms with Crippen molar-refractivity contribution in [2.24, 2.45) is 5.92 Å². The summed E-state index contributed by atoms with van der Waals surface area (Å²) >= 11 is 0. The van der Waals surface area contributed by atoms with Crippen LogP contribution in [0.4, 0.5) is 4.70 Å². The molecule has 0 aromatic heterocycles. The van der Waals surface area contributed by atoms with Crippen molar-refractivity contribution in [3.8, 4) is 0 Å². The van der Waals surface area contributed by atoms with Crippen molar-refractivity contribution in [1.29, 1.82) is 0 Å². The molecule has 0 fully saturated rings. The van der Waals surface area contributed by atoms with E-state index in [9.17, 15) is 0 Å². The summed E-state index contributed by atoms with van der Waals surface area (Å²) in [6.07, 6.45) is 1.31. The molecular formula is C5H13F. The highest BCUT2D eigenvalue weighted by Gasteiger charge is 1.80. The minimum absolute atomic E-state index is 0. The first kappa shape index (κ1) is 9.33. The van der Waals surface area contributed by atoms with Crippen LogP contribution in [-0.4, -0.2) is 0 Å². The topological polar surface area (TPSA) is 0 Å². The van der Waals surface area contributed by atoms with E-state index >= 15 is 0 Å². The third-order valence-corrected chi connectivity index (χ3v) is 0.816. The van der Waals surface area contributed by atoms with Gasteiger partial charge in [0.2, 0.25) is 0 Å². The molecule has 0 aliphatic rings. The van der Waals surface area contributed by atoms with E-state index < -0.39 is 0 Å². The van der Waals surface area contributed by atoms with E-state index in [0.717, 1.165) is 5.92 Å². The molecule has 0 aliphatic heterocycles. The predicted octanol–water partition coefficient (Wildman–Crippen LogP) is 2.20. The second kappa shape index (κ2) is 4.93. The van der Waals surface area contributed by atoms with Crippen molar-refractivity contribution in [1.82, 2.24) is 0 Å². The predicted molar refractivity (Wildman–Crippen MR) is 27.6 cm³/mol. The molecule has 1 heteroatoms. The van der Waals surface area contributed by atoms with E-state index in [4.69, 9.17) is 0 Å². The largest absolute Gasteiger partial charge is 0.269 e. The molecule has 0 aromatic rings. The molecule has 0 nitrogen and oxygen atoms in total. The second-order valence-electron chi connectivity index (χ2n) is 1.80. The second-order valence-corrected chi connectivity index (χ2v) is 1.80. The van der Waals surface area contributed by atoms with Gasteiger partial charge in [0, 0.05) is 0 Å². The Balaban J connectivity index is 0. The summed E-state index contributed by atoms with van der Waals surface area (Å²) in [5.41, 5.74) is 0. The molecule has 0 amide bonds. The summed E-state index contributed by atoms with van der Waals surface area (Å²) in [5.74, 6) is 0.884. The van der Waals surface area contributed by atoms with Gasteiger partial charge in [-0.15, -0.1) is 0 Å². The molecule has 0 aliphatic carbocycles. The van der Waals surface area contributed by atoms with E-state index in [1.807, 2.05) is 0 Å². The van der Waals surface area contributed by atoms with Crippen molar-refractivity contribution >= 4 is 0 Å². The van der Waals surface area contributed by atoms with Crippen LogP contribution in [-0.2, 0) is 0 Å². The lowest BCUT2D eigenvalue weighted by molar-refractivity contribution is 0.626. The number of rotatable bonds is 1. The Morgan fingerprint density at radius 3 is 1.50 bits per heavy atom. The van der Waals surface area contributed by atoms with E-state index in [1.165, 1.54) is 6.42 Å². The van der Waals surface area contributed by atoms with Crippen LogP contribution >= 0.6 is 0 Å². The van der Waals surface area contributed by atoms with Crippen LogP contribution in [0.2, 0.25) is 0 Å². The highest BCUT2D eigenvalue weighted by molar-refractivity contribution is 4.32. The maximum Gasteiger partial charge on any atom is -0.0474 e. The van der Waals surface area contributed by atoms with Gasteiger partial charge in [-0.3, -0.25) is 4.70 Å². The summed E-state index contributed by atoms with van der Waals surface area (Å²) in [4.78, 5) is 0. The SMILES string of the molecule is CCC(C)C.F. The van der Waals surface area contributed by atoms with Crippen LogP contribution in [0.25, 0.3) is 0 Å². The molecule has 0 unspecified atom stereocenters. The van der Waals surface area contributed by atoms with Gasteiger partial charge in [-0.05, 0) is 5.92 Å². The quantitative estimate of drug-likeness (QED) is 0.465. The summed E-state index contributed by atoms with van der Waals surface area (Å²) in [5, 5.41) is 0. The summed E-state index contributed by atoms with van der Waals surface area (Å²) < 4.78 is 0. The molecule has 0 aromatic carbocycles. The fraction of sp³-hybridized carbons (Fsp3) is 1.00. The maximum absolute atomic E-state index is 2.22. The van der Waals surface area contributed by atoms with Crippen LogP contribution in [0, 0.1) is 5.92 Å². The normalized spacial score (nSPS) is 8.00. The van der Waals surface area contributed by atoms with E-state index in [1.54, 1.807) is 0 Å². The van der Waals surface area contributed by atoms with Gasteiger partial charge in [-0.2, -0.15) is 0 Å². The highest BCUT2D eigenvalue weighted by Crippen LogP contribution is 1.93. The molecule has 0 atom stereocenters. The molecule has 0 saturated heterocycles. The van der Waals surface area contributed by atoms with Gasteiger partial charge in [0.05, 0.1) is 0 Å². The highest BCUT2D eigenvalue weighted by atomic mass is 19.0.